The fraction of sp³-hybridized carbons (Fsp3) is 0.154. The molecular formula is C26H23FN4O3S. The van der Waals surface area contributed by atoms with Crippen molar-refractivity contribution < 1.29 is 17.6 Å². The highest BCUT2D eigenvalue weighted by molar-refractivity contribution is 7.93. The molecule has 3 aromatic carbocycles. The predicted octanol–water partition coefficient (Wildman–Crippen LogP) is 4.53. The minimum Gasteiger partial charge on any atom is -0.312 e. The Labute approximate surface area is 202 Å². The summed E-state index contributed by atoms with van der Waals surface area (Å²) in [5.41, 5.74) is 2.97. The molecule has 178 valence electrons. The molecule has 0 bridgehead atoms. The fourth-order valence-corrected chi connectivity index (χ4v) is 5.70. The average Bonchev–Trinajstić information content (AvgIpc) is 3.42. The van der Waals surface area contributed by atoms with Crippen LogP contribution in [0.5, 0.6) is 0 Å². The van der Waals surface area contributed by atoms with E-state index in [2.05, 4.69) is 10.3 Å². The lowest BCUT2D eigenvalue weighted by Crippen LogP contribution is -2.25. The van der Waals surface area contributed by atoms with Crippen LogP contribution in [0, 0.1) is 5.82 Å². The molecule has 4 aromatic rings. The lowest BCUT2D eigenvalue weighted by Gasteiger charge is -2.18. The summed E-state index contributed by atoms with van der Waals surface area (Å²) in [6.45, 7) is 0.864. The summed E-state index contributed by atoms with van der Waals surface area (Å²) in [6, 6.07) is 22.2. The largest absolute Gasteiger partial charge is 0.312 e. The Bertz CT molecular complexity index is 1470. The van der Waals surface area contributed by atoms with Crippen LogP contribution in [-0.4, -0.2) is 36.2 Å². The Morgan fingerprint density at radius 2 is 1.77 bits per heavy atom. The van der Waals surface area contributed by atoms with Crippen molar-refractivity contribution in [3.63, 3.8) is 0 Å². The zero-order valence-corrected chi connectivity index (χ0v) is 19.6. The number of benzene rings is 3. The zero-order valence-electron chi connectivity index (χ0n) is 18.8. The molecule has 7 nitrogen and oxygen atoms in total. The molecule has 1 fully saturated rings. The molecule has 0 radical (unpaired) electrons. The first-order valence-corrected chi connectivity index (χ1v) is 12.8. The summed E-state index contributed by atoms with van der Waals surface area (Å²) in [6.07, 6.45) is 2.19. The third-order valence-electron chi connectivity index (χ3n) is 5.88. The van der Waals surface area contributed by atoms with E-state index in [1.807, 2.05) is 34.9 Å². The number of carbonyl (C=O) groups excluding carboxylic acids is 1. The third kappa shape index (κ3) is 4.81. The van der Waals surface area contributed by atoms with E-state index in [-0.39, 0.29) is 11.6 Å². The van der Waals surface area contributed by atoms with E-state index in [9.17, 15) is 17.6 Å². The van der Waals surface area contributed by atoms with Crippen LogP contribution in [0.2, 0.25) is 0 Å². The Kier molecular flexibility index (Phi) is 6.08. The molecule has 0 atom stereocenters. The standard InChI is InChI=1S/C26H23FN4O3S/c27-22-12-10-20(11-13-22)24-25(30(18-28-24)17-19-6-2-1-3-7-19)29-26(32)21-8-4-9-23(16-21)31-14-5-15-35(31,33)34/h1-4,6-13,16,18H,5,14-15,17H2,(H,29,32). The van der Waals surface area contributed by atoms with Crippen LogP contribution in [0.1, 0.15) is 22.3 Å². The van der Waals surface area contributed by atoms with Gasteiger partial charge in [0.2, 0.25) is 10.0 Å². The number of halogens is 1. The van der Waals surface area contributed by atoms with Gasteiger partial charge in [-0.25, -0.2) is 17.8 Å². The van der Waals surface area contributed by atoms with E-state index >= 15 is 0 Å². The van der Waals surface area contributed by atoms with Gasteiger partial charge in [0.25, 0.3) is 5.91 Å². The number of sulfonamides is 1. The van der Waals surface area contributed by atoms with E-state index in [4.69, 9.17) is 0 Å². The summed E-state index contributed by atoms with van der Waals surface area (Å²) in [5.74, 6) is -0.202. The topological polar surface area (TPSA) is 84.3 Å². The van der Waals surface area contributed by atoms with Gasteiger partial charge in [-0.1, -0.05) is 36.4 Å². The van der Waals surface area contributed by atoms with Crippen LogP contribution in [0.3, 0.4) is 0 Å². The summed E-state index contributed by atoms with van der Waals surface area (Å²) < 4.78 is 41.3. The van der Waals surface area contributed by atoms with Gasteiger partial charge in [0, 0.05) is 17.7 Å². The normalized spacial score (nSPS) is 14.7. The van der Waals surface area contributed by atoms with Crippen LogP contribution in [0.4, 0.5) is 15.9 Å². The monoisotopic (exact) mass is 490 g/mol. The molecule has 1 aromatic heterocycles. The smallest absolute Gasteiger partial charge is 0.256 e. The number of rotatable bonds is 6. The van der Waals surface area contributed by atoms with Crippen molar-refractivity contribution in [1.82, 2.24) is 9.55 Å². The van der Waals surface area contributed by atoms with Crippen LogP contribution in [0.15, 0.2) is 85.2 Å². The molecule has 0 aliphatic carbocycles. The highest BCUT2D eigenvalue weighted by Crippen LogP contribution is 2.29. The molecule has 2 heterocycles. The molecule has 1 amide bonds. The second-order valence-electron chi connectivity index (χ2n) is 8.31. The first-order chi connectivity index (χ1) is 16.9. The first kappa shape index (κ1) is 22.8. The number of carbonyl (C=O) groups is 1. The van der Waals surface area contributed by atoms with Crippen LogP contribution >= 0.6 is 0 Å². The van der Waals surface area contributed by atoms with Gasteiger partial charge in [-0.15, -0.1) is 0 Å². The highest BCUT2D eigenvalue weighted by atomic mass is 32.2. The van der Waals surface area contributed by atoms with E-state index in [1.165, 1.54) is 16.4 Å². The molecule has 0 unspecified atom stereocenters. The van der Waals surface area contributed by atoms with Crippen molar-refractivity contribution >= 4 is 27.4 Å². The lowest BCUT2D eigenvalue weighted by atomic mass is 10.1. The van der Waals surface area contributed by atoms with Crippen molar-refractivity contribution in [2.45, 2.75) is 13.0 Å². The number of aromatic nitrogens is 2. The molecule has 35 heavy (non-hydrogen) atoms. The van der Waals surface area contributed by atoms with Gasteiger partial charge in [0.1, 0.15) is 17.3 Å². The second kappa shape index (κ2) is 9.34. The van der Waals surface area contributed by atoms with Crippen LogP contribution < -0.4 is 9.62 Å². The number of nitrogens with one attached hydrogen (secondary N) is 1. The maximum atomic E-state index is 13.5. The molecule has 1 aliphatic rings. The maximum absolute atomic E-state index is 13.5. The number of amides is 1. The van der Waals surface area contributed by atoms with Crippen molar-refractivity contribution in [1.29, 1.82) is 0 Å². The quantitative estimate of drug-likeness (QED) is 0.430. The third-order valence-corrected chi connectivity index (χ3v) is 7.75. The molecular weight excluding hydrogens is 467 g/mol. The van der Waals surface area contributed by atoms with Gasteiger partial charge in [-0.3, -0.25) is 9.10 Å². The number of anilines is 2. The molecule has 1 aliphatic heterocycles. The van der Waals surface area contributed by atoms with Gasteiger partial charge in [-0.2, -0.15) is 0 Å². The van der Waals surface area contributed by atoms with Crippen molar-refractivity contribution in [3.05, 3.63) is 102 Å². The minimum absolute atomic E-state index is 0.100. The van der Waals surface area contributed by atoms with Gasteiger partial charge in [-0.05, 0) is 54.4 Å². The highest BCUT2D eigenvalue weighted by Gasteiger charge is 2.29. The van der Waals surface area contributed by atoms with Crippen molar-refractivity contribution in [2.24, 2.45) is 0 Å². The second-order valence-corrected chi connectivity index (χ2v) is 10.3. The molecule has 0 spiro atoms. The summed E-state index contributed by atoms with van der Waals surface area (Å²) >= 11 is 0. The molecule has 0 saturated carbocycles. The number of nitrogens with zero attached hydrogens (tertiary/aromatic N) is 3. The van der Waals surface area contributed by atoms with E-state index < -0.39 is 15.9 Å². The summed E-state index contributed by atoms with van der Waals surface area (Å²) in [5, 5.41) is 2.95. The van der Waals surface area contributed by atoms with Gasteiger partial charge < -0.3 is 9.88 Å². The maximum Gasteiger partial charge on any atom is 0.256 e. The Hall–Kier alpha value is -3.98. The summed E-state index contributed by atoms with van der Waals surface area (Å²) in [4.78, 5) is 17.8. The summed E-state index contributed by atoms with van der Waals surface area (Å²) in [7, 11) is -3.36. The molecule has 1 N–H and O–H groups in total. The number of hydrogen-bond donors (Lipinski definition) is 1. The van der Waals surface area contributed by atoms with Crippen LogP contribution in [0.25, 0.3) is 11.3 Å². The van der Waals surface area contributed by atoms with E-state index in [1.54, 1.807) is 42.7 Å². The van der Waals surface area contributed by atoms with Gasteiger partial charge in [0.15, 0.2) is 0 Å². The van der Waals surface area contributed by atoms with Crippen molar-refractivity contribution in [2.75, 3.05) is 21.9 Å². The average molecular weight is 491 g/mol. The Morgan fingerprint density at radius 1 is 1.00 bits per heavy atom. The van der Waals surface area contributed by atoms with E-state index in [0.717, 1.165) is 5.56 Å². The number of imidazole rings is 1. The predicted molar refractivity (Wildman–Crippen MR) is 133 cm³/mol. The fourth-order valence-electron chi connectivity index (χ4n) is 4.14. The SMILES string of the molecule is O=C(Nc1c(-c2ccc(F)cc2)ncn1Cc1ccccc1)c1cccc(N2CCCS2(=O)=O)c1. The van der Waals surface area contributed by atoms with Gasteiger partial charge >= 0.3 is 0 Å². The van der Waals surface area contributed by atoms with Gasteiger partial charge in [0.05, 0.1) is 24.3 Å². The first-order valence-electron chi connectivity index (χ1n) is 11.2. The number of hydrogen-bond acceptors (Lipinski definition) is 4. The molecule has 5 rings (SSSR count). The van der Waals surface area contributed by atoms with Crippen LogP contribution in [-0.2, 0) is 16.6 Å². The van der Waals surface area contributed by atoms with E-state index in [0.29, 0.717) is 47.8 Å². The minimum atomic E-state index is -3.36. The molecule has 1 saturated heterocycles. The molecule has 9 heteroatoms. The Morgan fingerprint density at radius 3 is 2.49 bits per heavy atom. The van der Waals surface area contributed by atoms with Crippen molar-refractivity contribution in [3.8, 4) is 11.3 Å². The zero-order chi connectivity index (χ0) is 24.4. The lowest BCUT2D eigenvalue weighted by molar-refractivity contribution is 0.102. The Balaban J connectivity index is 1.49.